The summed E-state index contributed by atoms with van der Waals surface area (Å²) in [7, 11) is 1.41. The van der Waals surface area contributed by atoms with Gasteiger partial charge in [-0.2, -0.15) is 4.89 Å². The fourth-order valence-electron chi connectivity index (χ4n) is 3.33. The third kappa shape index (κ3) is 5.82. The van der Waals surface area contributed by atoms with Crippen molar-refractivity contribution < 1.29 is 14.6 Å². The van der Waals surface area contributed by atoms with Crippen molar-refractivity contribution >= 4 is 5.97 Å². The molecule has 1 fully saturated rings. The third-order valence-corrected chi connectivity index (χ3v) is 4.55. The molecule has 0 heterocycles. The standard InChI is InChI=1S/C17H32O3/c1-4-6-8-10-12-14-15(13-11-9-7-5-2)16(14)17(18)20-19-3/h14-16H,4-13H2,1-3H3. The summed E-state index contributed by atoms with van der Waals surface area (Å²) in [6.07, 6.45) is 12.6. The molecule has 20 heavy (non-hydrogen) atoms. The minimum Gasteiger partial charge on any atom is -0.298 e. The number of carbonyl (C=O) groups excluding carboxylic acids is 1. The molecule has 0 radical (unpaired) electrons. The molecule has 0 aromatic carbocycles. The lowest BCUT2D eigenvalue weighted by Gasteiger charge is -2.00. The molecule has 1 rings (SSSR count). The molecular formula is C17H32O3. The average Bonchev–Trinajstić information content (AvgIpc) is 3.13. The molecule has 0 aromatic rings. The molecule has 2 unspecified atom stereocenters. The first-order chi connectivity index (χ1) is 9.76. The summed E-state index contributed by atoms with van der Waals surface area (Å²) in [5, 5.41) is 0. The van der Waals surface area contributed by atoms with E-state index >= 15 is 0 Å². The lowest BCUT2D eigenvalue weighted by Crippen LogP contribution is -2.08. The van der Waals surface area contributed by atoms with Crippen LogP contribution in [0.4, 0.5) is 0 Å². The summed E-state index contributed by atoms with van der Waals surface area (Å²) >= 11 is 0. The first-order valence-corrected chi connectivity index (χ1v) is 8.50. The van der Waals surface area contributed by atoms with Crippen LogP contribution in [0.15, 0.2) is 0 Å². The minimum absolute atomic E-state index is 0.109. The Morgan fingerprint density at radius 3 is 1.75 bits per heavy atom. The summed E-state index contributed by atoms with van der Waals surface area (Å²) in [4.78, 5) is 21.1. The normalized spacial score (nSPS) is 24.6. The van der Waals surface area contributed by atoms with Crippen molar-refractivity contribution in [2.45, 2.75) is 78.1 Å². The Labute approximate surface area is 124 Å². The second-order valence-corrected chi connectivity index (χ2v) is 6.12. The lowest BCUT2D eigenvalue weighted by atomic mass is 10.1. The van der Waals surface area contributed by atoms with E-state index < -0.39 is 0 Å². The Morgan fingerprint density at radius 1 is 0.850 bits per heavy atom. The largest absolute Gasteiger partial charge is 0.345 e. The number of hydrogen-bond acceptors (Lipinski definition) is 3. The molecule has 1 aliphatic rings. The van der Waals surface area contributed by atoms with E-state index in [0.717, 1.165) is 0 Å². The highest BCUT2D eigenvalue weighted by atomic mass is 17.2. The van der Waals surface area contributed by atoms with Crippen molar-refractivity contribution in [3.63, 3.8) is 0 Å². The van der Waals surface area contributed by atoms with Crippen molar-refractivity contribution in [1.29, 1.82) is 0 Å². The lowest BCUT2D eigenvalue weighted by molar-refractivity contribution is -0.257. The summed E-state index contributed by atoms with van der Waals surface area (Å²) in [6, 6.07) is 0. The van der Waals surface area contributed by atoms with Crippen molar-refractivity contribution in [3.05, 3.63) is 0 Å². The first kappa shape index (κ1) is 17.5. The molecule has 1 aliphatic carbocycles. The summed E-state index contributed by atoms with van der Waals surface area (Å²) in [6.45, 7) is 4.46. The number of carbonyl (C=O) groups is 1. The molecule has 3 nitrogen and oxygen atoms in total. The molecular weight excluding hydrogens is 252 g/mol. The Bertz CT molecular complexity index is 247. The number of hydrogen-bond donors (Lipinski definition) is 0. The van der Waals surface area contributed by atoms with Gasteiger partial charge in [0.2, 0.25) is 0 Å². The smallest absolute Gasteiger partial charge is 0.298 e. The highest BCUT2D eigenvalue weighted by molar-refractivity contribution is 5.75. The average molecular weight is 284 g/mol. The van der Waals surface area contributed by atoms with E-state index in [-0.39, 0.29) is 11.9 Å². The van der Waals surface area contributed by atoms with E-state index in [9.17, 15) is 4.79 Å². The van der Waals surface area contributed by atoms with Crippen LogP contribution < -0.4 is 0 Å². The highest BCUT2D eigenvalue weighted by Gasteiger charge is 2.54. The van der Waals surface area contributed by atoms with E-state index in [1.54, 1.807) is 0 Å². The second kappa shape index (κ2) is 10.2. The van der Waals surface area contributed by atoms with Crippen LogP contribution in [-0.2, 0) is 14.6 Å². The van der Waals surface area contributed by atoms with Gasteiger partial charge in [0.1, 0.15) is 0 Å². The van der Waals surface area contributed by atoms with Crippen molar-refractivity contribution in [2.24, 2.45) is 17.8 Å². The van der Waals surface area contributed by atoms with Crippen LogP contribution in [0.3, 0.4) is 0 Å². The van der Waals surface area contributed by atoms with Crippen molar-refractivity contribution in [2.75, 3.05) is 7.11 Å². The van der Waals surface area contributed by atoms with Crippen LogP contribution in [0, 0.1) is 17.8 Å². The van der Waals surface area contributed by atoms with Gasteiger partial charge in [-0.05, 0) is 24.7 Å². The molecule has 0 aliphatic heterocycles. The van der Waals surface area contributed by atoms with Crippen LogP contribution in [0.2, 0.25) is 0 Å². The van der Waals surface area contributed by atoms with Gasteiger partial charge >= 0.3 is 5.97 Å². The molecule has 3 heteroatoms. The van der Waals surface area contributed by atoms with Gasteiger partial charge in [-0.3, -0.25) is 4.89 Å². The van der Waals surface area contributed by atoms with E-state index in [4.69, 9.17) is 4.89 Å². The number of unbranched alkanes of at least 4 members (excludes halogenated alkanes) is 6. The van der Waals surface area contributed by atoms with Crippen LogP contribution in [0.5, 0.6) is 0 Å². The van der Waals surface area contributed by atoms with Gasteiger partial charge in [0.05, 0.1) is 13.0 Å². The van der Waals surface area contributed by atoms with E-state index in [1.807, 2.05) is 0 Å². The Morgan fingerprint density at radius 2 is 1.35 bits per heavy atom. The molecule has 0 bridgehead atoms. The van der Waals surface area contributed by atoms with Crippen molar-refractivity contribution in [3.8, 4) is 0 Å². The minimum atomic E-state index is -0.145. The zero-order chi connectivity index (χ0) is 14.8. The maximum absolute atomic E-state index is 11.9. The topological polar surface area (TPSA) is 35.5 Å². The fourth-order valence-corrected chi connectivity index (χ4v) is 3.33. The van der Waals surface area contributed by atoms with Crippen LogP contribution in [-0.4, -0.2) is 13.1 Å². The zero-order valence-corrected chi connectivity index (χ0v) is 13.5. The molecule has 0 aromatic heterocycles. The summed E-state index contributed by atoms with van der Waals surface area (Å²) < 4.78 is 0. The number of rotatable bonds is 12. The molecule has 118 valence electrons. The predicted molar refractivity (Wildman–Crippen MR) is 81.1 cm³/mol. The Kier molecular flexibility index (Phi) is 8.92. The fraction of sp³-hybridized carbons (Fsp3) is 0.941. The maximum atomic E-state index is 11.9. The van der Waals surface area contributed by atoms with Crippen LogP contribution in [0.25, 0.3) is 0 Å². The first-order valence-electron chi connectivity index (χ1n) is 8.50. The zero-order valence-electron chi connectivity index (χ0n) is 13.5. The molecule has 0 spiro atoms. The molecule has 0 N–H and O–H groups in total. The summed E-state index contributed by atoms with van der Waals surface area (Å²) in [5.41, 5.74) is 0. The molecule has 1 saturated carbocycles. The van der Waals surface area contributed by atoms with Gasteiger partial charge in [0.25, 0.3) is 0 Å². The maximum Gasteiger partial charge on any atom is 0.345 e. The van der Waals surface area contributed by atoms with Gasteiger partial charge < -0.3 is 0 Å². The van der Waals surface area contributed by atoms with Gasteiger partial charge in [-0.1, -0.05) is 65.2 Å². The highest BCUT2D eigenvalue weighted by Crippen LogP contribution is 2.53. The van der Waals surface area contributed by atoms with E-state index in [2.05, 4.69) is 18.7 Å². The van der Waals surface area contributed by atoms with Crippen LogP contribution in [0.1, 0.15) is 78.1 Å². The van der Waals surface area contributed by atoms with Crippen molar-refractivity contribution in [1.82, 2.24) is 0 Å². The molecule has 2 atom stereocenters. The van der Waals surface area contributed by atoms with Gasteiger partial charge in [-0.15, -0.1) is 0 Å². The monoisotopic (exact) mass is 284 g/mol. The Hall–Kier alpha value is -0.570. The van der Waals surface area contributed by atoms with Gasteiger partial charge in [-0.25, -0.2) is 4.79 Å². The second-order valence-electron chi connectivity index (χ2n) is 6.12. The van der Waals surface area contributed by atoms with Gasteiger partial charge in [0, 0.05) is 0 Å². The predicted octanol–water partition coefficient (Wildman–Crippen LogP) is 4.89. The van der Waals surface area contributed by atoms with Gasteiger partial charge in [0.15, 0.2) is 0 Å². The van der Waals surface area contributed by atoms with E-state index in [1.165, 1.54) is 71.3 Å². The van der Waals surface area contributed by atoms with Crippen LogP contribution >= 0.6 is 0 Å². The summed E-state index contributed by atoms with van der Waals surface area (Å²) in [5.74, 6) is 1.07. The molecule has 0 amide bonds. The van der Waals surface area contributed by atoms with E-state index in [0.29, 0.717) is 11.8 Å². The third-order valence-electron chi connectivity index (χ3n) is 4.55. The quantitative estimate of drug-likeness (QED) is 0.291. The Balaban J connectivity index is 2.28. The SMILES string of the molecule is CCCCCCC1C(CCCCCC)C1C(=O)OOC. The molecule has 0 saturated heterocycles.